The summed E-state index contributed by atoms with van der Waals surface area (Å²) in [5.41, 5.74) is 0. The molecule has 0 aromatic rings. The van der Waals surface area contributed by atoms with Gasteiger partial charge < -0.3 is 27.9 Å². The van der Waals surface area contributed by atoms with Crippen LogP contribution >= 0.6 is 7.82 Å². The van der Waals surface area contributed by atoms with E-state index < -0.39 is 26.5 Å². The van der Waals surface area contributed by atoms with E-state index in [-0.39, 0.29) is 32.0 Å². The van der Waals surface area contributed by atoms with E-state index in [0.29, 0.717) is 17.4 Å². The molecule has 0 aromatic carbocycles. The van der Waals surface area contributed by atoms with Crippen LogP contribution in [0, 0.1) is 0 Å². The summed E-state index contributed by atoms with van der Waals surface area (Å²) in [5, 5.41) is 0. The third-order valence-corrected chi connectivity index (χ3v) is 11.2. The van der Waals surface area contributed by atoms with E-state index in [1.54, 1.807) is 0 Å². The Bertz CT molecular complexity index is 1030. The standard InChI is InChI=1S/C47H90NO8P/c1-6-8-10-12-14-16-18-20-22-23-24-25-26-28-29-31-33-35-37-39-46(49)53-43-45(44-55-57(51,52)54-42-41-48(3,4)5)56-47(50)40-38-36-34-32-30-27-21-19-17-15-13-11-9-7-2/h13,15,19,21,45H,6-12,14,16-18,20,22-44H2,1-5H3/b15-13-,21-19-. The molecule has 9 nitrogen and oxygen atoms in total. The van der Waals surface area contributed by atoms with Crippen LogP contribution in [0.4, 0.5) is 0 Å². The van der Waals surface area contributed by atoms with Crippen molar-refractivity contribution in [1.29, 1.82) is 0 Å². The Hall–Kier alpha value is -1.51. The fourth-order valence-corrected chi connectivity index (χ4v) is 7.22. The van der Waals surface area contributed by atoms with Crippen molar-refractivity contribution in [3.63, 3.8) is 0 Å². The number of esters is 2. The third-order valence-electron chi connectivity index (χ3n) is 10.2. The van der Waals surface area contributed by atoms with Crippen LogP contribution in [-0.2, 0) is 32.7 Å². The summed E-state index contributed by atoms with van der Waals surface area (Å²) in [5.74, 6) is -0.842. The number of ether oxygens (including phenoxy) is 2. The van der Waals surface area contributed by atoms with Crippen molar-refractivity contribution in [1.82, 2.24) is 0 Å². The summed E-state index contributed by atoms with van der Waals surface area (Å²) in [6, 6.07) is 0. The zero-order valence-corrected chi connectivity index (χ0v) is 38.7. The molecule has 0 N–H and O–H groups in total. The second kappa shape index (κ2) is 39.9. The van der Waals surface area contributed by atoms with Gasteiger partial charge in [0, 0.05) is 12.8 Å². The molecule has 2 atom stereocenters. The van der Waals surface area contributed by atoms with Crippen molar-refractivity contribution in [2.45, 2.75) is 219 Å². The lowest BCUT2D eigenvalue weighted by Gasteiger charge is -2.28. The normalized spacial score (nSPS) is 13.7. The molecular weight excluding hydrogens is 737 g/mol. The molecule has 0 radical (unpaired) electrons. The minimum Gasteiger partial charge on any atom is -0.756 e. The van der Waals surface area contributed by atoms with Crippen LogP contribution in [0.3, 0.4) is 0 Å². The second-order valence-corrected chi connectivity index (χ2v) is 18.5. The second-order valence-electron chi connectivity index (χ2n) is 17.1. The monoisotopic (exact) mass is 828 g/mol. The minimum absolute atomic E-state index is 0.0318. The van der Waals surface area contributed by atoms with Crippen LogP contribution in [0.15, 0.2) is 24.3 Å². The lowest BCUT2D eigenvalue weighted by atomic mass is 10.0. The van der Waals surface area contributed by atoms with Crippen molar-refractivity contribution < 1.29 is 42.1 Å². The number of phosphoric acid groups is 1. The van der Waals surface area contributed by atoms with Gasteiger partial charge in [-0.2, -0.15) is 0 Å². The molecule has 0 saturated heterocycles. The largest absolute Gasteiger partial charge is 0.756 e. The summed E-state index contributed by atoms with van der Waals surface area (Å²) in [4.78, 5) is 37.6. The quantitative estimate of drug-likeness (QED) is 0.0196. The number of unbranched alkanes of at least 4 members (excludes halogenated alkanes) is 25. The van der Waals surface area contributed by atoms with E-state index in [4.69, 9.17) is 18.5 Å². The predicted octanol–water partition coefficient (Wildman–Crippen LogP) is 12.9. The number of hydrogen-bond donors (Lipinski definition) is 0. The number of quaternary nitrogens is 1. The van der Waals surface area contributed by atoms with Crippen molar-refractivity contribution in [2.75, 3.05) is 47.5 Å². The average Bonchev–Trinajstić information content (AvgIpc) is 3.16. The Balaban J connectivity index is 4.27. The molecular formula is C47H90NO8P. The lowest BCUT2D eigenvalue weighted by molar-refractivity contribution is -0.870. The van der Waals surface area contributed by atoms with Gasteiger partial charge in [0.2, 0.25) is 0 Å². The molecule has 0 rings (SSSR count). The van der Waals surface area contributed by atoms with Gasteiger partial charge in [-0.05, 0) is 38.5 Å². The highest BCUT2D eigenvalue weighted by Crippen LogP contribution is 2.38. The fourth-order valence-electron chi connectivity index (χ4n) is 6.50. The molecule has 2 unspecified atom stereocenters. The maximum atomic E-state index is 12.7. The summed E-state index contributed by atoms with van der Waals surface area (Å²) in [6.07, 6.45) is 43.5. The van der Waals surface area contributed by atoms with Crippen LogP contribution in [-0.4, -0.2) is 70.0 Å². The molecule has 0 spiro atoms. The Morgan fingerprint density at radius 2 is 0.965 bits per heavy atom. The van der Waals surface area contributed by atoms with Gasteiger partial charge >= 0.3 is 11.9 Å². The number of hydrogen-bond acceptors (Lipinski definition) is 8. The maximum absolute atomic E-state index is 12.7. The number of nitrogens with zero attached hydrogens (tertiary/aromatic N) is 1. The SMILES string of the molecule is CCCC/C=C\C/C=C\CCCCCCCC(=O)OC(COC(=O)CCCCCCCCCCCCCCCCCCCCC)COP(=O)([O-])OCC[N+](C)(C)C. The van der Waals surface area contributed by atoms with Gasteiger partial charge in [0.05, 0.1) is 27.7 Å². The number of rotatable bonds is 43. The molecule has 0 heterocycles. The molecule has 0 fully saturated rings. The number of phosphoric ester groups is 1. The van der Waals surface area contributed by atoms with Crippen molar-refractivity contribution >= 4 is 19.8 Å². The summed E-state index contributed by atoms with van der Waals surface area (Å²) < 4.78 is 33.9. The van der Waals surface area contributed by atoms with E-state index in [0.717, 1.165) is 64.2 Å². The first-order valence-electron chi connectivity index (χ1n) is 23.5. The Labute approximate surface area is 351 Å². The molecule has 10 heteroatoms. The first-order valence-corrected chi connectivity index (χ1v) is 25.0. The number of allylic oxidation sites excluding steroid dienone is 4. The topological polar surface area (TPSA) is 111 Å². The summed E-state index contributed by atoms with van der Waals surface area (Å²) in [6.45, 7) is 4.20. The fraction of sp³-hybridized carbons (Fsp3) is 0.872. The minimum atomic E-state index is -4.63. The predicted molar refractivity (Wildman–Crippen MR) is 236 cm³/mol. The Morgan fingerprint density at radius 1 is 0.544 bits per heavy atom. The van der Waals surface area contributed by atoms with Crippen molar-refractivity contribution in [3.8, 4) is 0 Å². The summed E-state index contributed by atoms with van der Waals surface area (Å²) in [7, 11) is 1.16. The van der Waals surface area contributed by atoms with Crippen molar-refractivity contribution in [3.05, 3.63) is 24.3 Å². The third kappa shape index (κ3) is 43.9. The highest BCUT2D eigenvalue weighted by molar-refractivity contribution is 7.45. The molecule has 0 bridgehead atoms. The number of carbonyl (C=O) groups excluding carboxylic acids is 2. The van der Waals surface area contributed by atoms with Crippen LogP contribution in [0.5, 0.6) is 0 Å². The van der Waals surface area contributed by atoms with E-state index in [1.807, 2.05) is 21.1 Å². The van der Waals surface area contributed by atoms with Crippen LogP contribution in [0.1, 0.15) is 213 Å². The Morgan fingerprint density at radius 3 is 1.44 bits per heavy atom. The van der Waals surface area contributed by atoms with Crippen LogP contribution in [0.25, 0.3) is 0 Å². The van der Waals surface area contributed by atoms with Crippen LogP contribution in [0.2, 0.25) is 0 Å². The van der Waals surface area contributed by atoms with Crippen molar-refractivity contribution in [2.24, 2.45) is 0 Å². The molecule has 57 heavy (non-hydrogen) atoms. The van der Waals surface area contributed by atoms with E-state index in [2.05, 4.69) is 38.2 Å². The first-order chi connectivity index (χ1) is 27.5. The highest BCUT2D eigenvalue weighted by Gasteiger charge is 2.21. The number of likely N-dealkylation sites (N-methyl/N-ethyl adjacent to an activating group) is 1. The molecule has 0 aromatic heterocycles. The molecule has 336 valence electrons. The van der Waals surface area contributed by atoms with Gasteiger partial charge in [0.25, 0.3) is 7.82 Å². The van der Waals surface area contributed by atoms with Gasteiger partial charge in [0.15, 0.2) is 6.10 Å². The van der Waals surface area contributed by atoms with Gasteiger partial charge in [0.1, 0.15) is 19.8 Å². The van der Waals surface area contributed by atoms with Gasteiger partial charge in [-0.3, -0.25) is 14.2 Å². The molecule has 0 aliphatic rings. The van der Waals surface area contributed by atoms with Gasteiger partial charge in [-0.1, -0.05) is 186 Å². The van der Waals surface area contributed by atoms with Gasteiger partial charge in [-0.15, -0.1) is 0 Å². The van der Waals surface area contributed by atoms with Gasteiger partial charge in [-0.25, -0.2) is 0 Å². The number of carbonyl (C=O) groups is 2. The van der Waals surface area contributed by atoms with E-state index >= 15 is 0 Å². The zero-order valence-electron chi connectivity index (χ0n) is 37.8. The molecule has 0 aliphatic heterocycles. The average molecular weight is 828 g/mol. The smallest absolute Gasteiger partial charge is 0.306 e. The summed E-state index contributed by atoms with van der Waals surface area (Å²) >= 11 is 0. The zero-order chi connectivity index (χ0) is 42.1. The van der Waals surface area contributed by atoms with Crippen LogP contribution < -0.4 is 4.89 Å². The molecule has 0 saturated carbocycles. The highest BCUT2D eigenvalue weighted by atomic mass is 31.2. The van der Waals surface area contributed by atoms with E-state index in [1.165, 1.54) is 116 Å². The maximum Gasteiger partial charge on any atom is 0.306 e. The lowest BCUT2D eigenvalue weighted by Crippen LogP contribution is -2.37. The Kier molecular flexibility index (Phi) is 38.9. The molecule has 0 aliphatic carbocycles. The first kappa shape index (κ1) is 55.5. The molecule has 0 amide bonds. The van der Waals surface area contributed by atoms with E-state index in [9.17, 15) is 19.0 Å².